The van der Waals surface area contributed by atoms with Crippen LogP contribution in [0.4, 0.5) is 5.69 Å². The van der Waals surface area contributed by atoms with E-state index in [-0.39, 0.29) is 17.7 Å². The van der Waals surface area contributed by atoms with Gasteiger partial charge in [0.1, 0.15) is 0 Å². The molecule has 2 aromatic rings. The maximum atomic E-state index is 12.2. The summed E-state index contributed by atoms with van der Waals surface area (Å²) in [5.74, 6) is 0.0739. The van der Waals surface area contributed by atoms with Gasteiger partial charge in [0.05, 0.1) is 11.7 Å². The molecule has 0 spiro atoms. The number of carbonyl (C=O) groups is 2. The van der Waals surface area contributed by atoms with Crippen LogP contribution >= 0.6 is 11.3 Å². The zero-order chi connectivity index (χ0) is 13.4. The number of para-hydroxylation sites is 1. The molecule has 0 fully saturated rings. The zero-order valence-electron chi connectivity index (χ0n) is 10.5. The van der Waals surface area contributed by atoms with Crippen molar-refractivity contribution in [2.24, 2.45) is 0 Å². The number of anilines is 1. The topological polar surface area (TPSA) is 37.4 Å². The first kappa shape index (κ1) is 12.1. The molecule has 2 heterocycles. The van der Waals surface area contributed by atoms with E-state index in [1.54, 1.807) is 29.2 Å². The third-order valence-corrected chi connectivity index (χ3v) is 4.34. The van der Waals surface area contributed by atoms with Gasteiger partial charge in [0.25, 0.3) is 0 Å². The van der Waals surface area contributed by atoms with Gasteiger partial charge in [-0.25, -0.2) is 0 Å². The van der Waals surface area contributed by atoms with Crippen LogP contribution < -0.4 is 4.90 Å². The van der Waals surface area contributed by atoms with Gasteiger partial charge in [-0.1, -0.05) is 18.2 Å². The molecule has 0 bridgehead atoms. The number of rotatable bonds is 1. The van der Waals surface area contributed by atoms with Crippen molar-refractivity contribution in [3.05, 3.63) is 52.2 Å². The molecule has 1 atom stereocenters. The minimum Gasteiger partial charge on any atom is -0.303 e. The van der Waals surface area contributed by atoms with Gasteiger partial charge in [0.2, 0.25) is 5.91 Å². The predicted octanol–water partition coefficient (Wildman–Crippen LogP) is 3.43. The van der Waals surface area contributed by atoms with Crippen LogP contribution in [0.2, 0.25) is 0 Å². The normalized spacial score (nSPS) is 18.3. The highest BCUT2D eigenvalue weighted by Gasteiger charge is 2.34. The summed E-state index contributed by atoms with van der Waals surface area (Å²) in [6, 6.07) is 11.1. The molecule has 1 amide bonds. The lowest BCUT2D eigenvalue weighted by Gasteiger charge is -2.35. The summed E-state index contributed by atoms with van der Waals surface area (Å²) in [6.45, 7) is 1.55. The van der Waals surface area contributed by atoms with E-state index in [0.29, 0.717) is 12.0 Å². The maximum Gasteiger partial charge on any atom is 0.224 e. The summed E-state index contributed by atoms with van der Waals surface area (Å²) >= 11 is 1.58. The quantitative estimate of drug-likeness (QED) is 0.797. The highest BCUT2D eigenvalue weighted by atomic mass is 32.1. The summed E-state index contributed by atoms with van der Waals surface area (Å²) in [7, 11) is 0. The highest BCUT2D eigenvalue weighted by molar-refractivity contribution is 7.10. The van der Waals surface area contributed by atoms with Gasteiger partial charge >= 0.3 is 0 Å². The number of Topliss-reactive ketones (excluding diaryl/α,β-unsaturated/α-hetero) is 1. The molecule has 1 aromatic heterocycles. The molecule has 3 rings (SSSR count). The average Bonchev–Trinajstić information content (AvgIpc) is 2.92. The summed E-state index contributed by atoms with van der Waals surface area (Å²) in [4.78, 5) is 27.0. The first-order chi connectivity index (χ1) is 9.18. The fraction of sp³-hybridized carbons (Fsp3) is 0.200. The van der Waals surface area contributed by atoms with Crippen molar-refractivity contribution in [3.63, 3.8) is 0 Å². The summed E-state index contributed by atoms with van der Waals surface area (Å²) in [6.07, 6.45) is 0.358. The van der Waals surface area contributed by atoms with Crippen LogP contribution in [-0.2, 0) is 4.79 Å². The lowest BCUT2D eigenvalue weighted by molar-refractivity contribution is -0.117. The monoisotopic (exact) mass is 271 g/mol. The van der Waals surface area contributed by atoms with Gasteiger partial charge in [-0.05, 0) is 23.6 Å². The molecule has 1 aromatic carbocycles. The van der Waals surface area contributed by atoms with E-state index >= 15 is 0 Å². The van der Waals surface area contributed by atoms with Crippen molar-refractivity contribution < 1.29 is 9.59 Å². The second-order valence-electron chi connectivity index (χ2n) is 4.56. The number of ketones is 1. The predicted molar refractivity (Wildman–Crippen MR) is 75.6 cm³/mol. The van der Waals surface area contributed by atoms with Gasteiger partial charge < -0.3 is 4.90 Å². The largest absolute Gasteiger partial charge is 0.303 e. The van der Waals surface area contributed by atoms with Gasteiger partial charge in [0.15, 0.2) is 5.78 Å². The smallest absolute Gasteiger partial charge is 0.224 e. The van der Waals surface area contributed by atoms with Gasteiger partial charge in [-0.3, -0.25) is 9.59 Å². The molecule has 1 aliphatic rings. The Labute approximate surface area is 115 Å². The molecule has 3 nitrogen and oxygen atoms in total. The number of fused-ring (bicyclic) bond motifs is 1. The number of thiophene rings is 1. The van der Waals surface area contributed by atoms with Crippen LogP contribution in [0, 0.1) is 0 Å². The van der Waals surface area contributed by atoms with Crippen LogP contribution in [0.5, 0.6) is 0 Å². The average molecular weight is 271 g/mol. The summed E-state index contributed by atoms with van der Waals surface area (Å²) < 4.78 is 0. The number of carbonyl (C=O) groups excluding carboxylic acids is 2. The number of hydrogen-bond acceptors (Lipinski definition) is 3. The Morgan fingerprint density at radius 1 is 1.26 bits per heavy atom. The lowest BCUT2D eigenvalue weighted by Crippen LogP contribution is -2.38. The molecule has 96 valence electrons. The number of hydrogen-bond donors (Lipinski definition) is 0. The second-order valence-corrected chi connectivity index (χ2v) is 5.54. The van der Waals surface area contributed by atoms with Crippen molar-refractivity contribution in [1.82, 2.24) is 0 Å². The summed E-state index contributed by atoms with van der Waals surface area (Å²) in [5.41, 5.74) is 1.37. The van der Waals surface area contributed by atoms with Crippen LogP contribution in [0.15, 0.2) is 41.8 Å². The number of benzene rings is 1. The Balaban J connectivity index is 2.14. The zero-order valence-corrected chi connectivity index (χ0v) is 11.3. The second kappa shape index (κ2) is 4.63. The van der Waals surface area contributed by atoms with Crippen molar-refractivity contribution >= 4 is 28.7 Å². The van der Waals surface area contributed by atoms with E-state index in [9.17, 15) is 9.59 Å². The molecular weight excluding hydrogens is 258 g/mol. The SMILES string of the molecule is CC(=O)N1c2ccccc2C(=O)CC1c1cccs1. The van der Waals surface area contributed by atoms with E-state index in [1.807, 2.05) is 35.7 Å². The standard InChI is InChI=1S/C15H13NO2S/c1-10(17)16-12-6-3-2-5-11(12)14(18)9-13(16)15-7-4-8-19-15/h2-8,13H,9H2,1H3. The first-order valence-electron chi connectivity index (χ1n) is 6.14. The Morgan fingerprint density at radius 3 is 2.74 bits per heavy atom. The van der Waals surface area contributed by atoms with Crippen LogP contribution in [0.1, 0.15) is 34.6 Å². The van der Waals surface area contributed by atoms with Gasteiger partial charge in [-0.2, -0.15) is 0 Å². The molecule has 0 aliphatic carbocycles. The lowest BCUT2D eigenvalue weighted by atomic mass is 9.93. The fourth-order valence-electron chi connectivity index (χ4n) is 2.56. The molecular formula is C15H13NO2S. The van der Waals surface area contributed by atoms with E-state index in [1.165, 1.54) is 0 Å². The van der Waals surface area contributed by atoms with Crippen molar-refractivity contribution in [2.75, 3.05) is 4.90 Å². The Morgan fingerprint density at radius 2 is 2.05 bits per heavy atom. The third kappa shape index (κ3) is 1.98. The summed E-state index contributed by atoms with van der Waals surface area (Å²) in [5, 5.41) is 1.97. The van der Waals surface area contributed by atoms with Gasteiger partial charge in [0, 0.05) is 23.8 Å². The van der Waals surface area contributed by atoms with E-state index in [0.717, 1.165) is 10.6 Å². The molecule has 0 saturated carbocycles. The van der Waals surface area contributed by atoms with Crippen LogP contribution in [0.3, 0.4) is 0 Å². The Kier molecular flexibility index (Phi) is 2.95. The molecule has 0 saturated heterocycles. The van der Waals surface area contributed by atoms with Crippen molar-refractivity contribution in [1.29, 1.82) is 0 Å². The van der Waals surface area contributed by atoms with Crippen molar-refractivity contribution in [2.45, 2.75) is 19.4 Å². The van der Waals surface area contributed by atoms with Crippen molar-refractivity contribution in [3.8, 4) is 0 Å². The number of amides is 1. The Hall–Kier alpha value is -1.94. The molecule has 0 N–H and O–H groups in total. The van der Waals surface area contributed by atoms with Crippen LogP contribution in [0.25, 0.3) is 0 Å². The van der Waals surface area contributed by atoms with Crippen LogP contribution in [-0.4, -0.2) is 11.7 Å². The van der Waals surface area contributed by atoms with E-state index in [4.69, 9.17) is 0 Å². The van der Waals surface area contributed by atoms with Gasteiger partial charge in [-0.15, -0.1) is 11.3 Å². The molecule has 19 heavy (non-hydrogen) atoms. The minimum atomic E-state index is -0.167. The van der Waals surface area contributed by atoms with E-state index < -0.39 is 0 Å². The maximum absolute atomic E-state index is 12.2. The highest BCUT2D eigenvalue weighted by Crippen LogP contribution is 2.39. The minimum absolute atomic E-state index is 0.0293. The molecule has 1 unspecified atom stereocenters. The Bertz CT molecular complexity index is 633. The van der Waals surface area contributed by atoms with E-state index in [2.05, 4.69) is 0 Å². The fourth-order valence-corrected chi connectivity index (χ4v) is 3.38. The molecule has 0 radical (unpaired) electrons. The molecule has 4 heteroatoms. The third-order valence-electron chi connectivity index (χ3n) is 3.37. The molecule has 1 aliphatic heterocycles. The first-order valence-corrected chi connectivity index (χ1v) is 7.02. The number of nitrogens with zero attached hydrogens (tertiary/aromatic N) is 1.